The highest BCUT2D eigenvalue weighted by Crippen LogP contribution is 2.40. The molecule has 0 radical (unpaired) electrons. The van der Waals surface area contributed by atoms with Gasteiger partial charge < -0.3 is 9.84 Å². The smallest absolute Gasteiger partial charge is 0.412 e. The number of benzene rings is 2. The van der Waals surface area contributed by atoms with Gasteiger partial charge in [-0.05, 0) is 77.3 Å². The Bertz CT molecular complexity index is 970. The number of rotatable bonds is 9. The van der Waals surface area contributed by atoms with Crippen molar-refractivity contribution in [3.8, 4) is 5.75 Å². The molecule has 0 fully saturated rings. The quantitative estimate of drug-likeness (QED) is 0.117. The molecule has 0 aliphatic rings. The van der Waals surface area contributed by atoms with Gasteiger partial charge in [0.2, 0.25) is 0 Å². The summed E-state index contributed by atoms with van der Waals surface area (Å²) in [6.07, 6.45) is 4.46. The van der Waals surface area contributed by atoms with Crippen LogP contribution in [0.15, 0.2) is 62.4 Å². The largest absolute Gasteiger partial charge is 0.506 e. The molecule has 10 heteroatoms. The Labute approximate surface area is 207 Å². The molecule has 0 bridgehead atoms. The fourth-order valence-electron chi connectivity index (χ4n) is 2.96. The Hall–Kier alpha value is -2.01. The van der Waals surface area contributed by atoms with Crippen molar-refractivity contribution < 1.29 is 24.6 Å². The fourth-order valence-corrected chi connectivity index (χ4v) is 4.63. The Morgan fingerprint density at radius 3 is 2.53 bits per heavy atom. The summed E-state index contributed by atoms with van der Waals surface area (Å²) in [6.45, 7) is 1.89. The highest BCUT2D eigenvalue weighted by Gasteiger charge is 2.27. The number of carbonyl (C=O) groups excluding carboxylic acids is 2. The van der Waals surface area contributed by atoms with Crippen molar-refractivity contribution in [1.82, 2.24) is 5.48 Å². The van der Waals surface area contributed by atoms with Crippen molar-refractivity contribution in [2.24, 2.45) is 5.92 Å². The number of amides is 2. The molecule has 0 aliphatic carbocycles. The second-order valence-electron chi connectivity index (χ2n) is 6.94. The number of thioether (sulfide) groups is 1. The second-order valence-corrected chi connectivity index (χ2v) is 9.59. The summed E-state index contributed by atoms with van der Waals surface area (Å²) in [5, 5.41) is 21.9. The van der Waals surface area contributed by atoms with Gasteiger partial charge in [0.05, 0.1) is 4.47 Å². The molecule has 0 aliphatic heterocycles. The van der Waals surface area contributed by atoms with E-state index in [1.807, 2.05) is 25.3 Å². The van der Waals surface area contributed by atoms with Crippen molar-refractivity contribution in [3.63, 3.8) is 0 Å². The van der Waals surface area contributed by atoms with Crippen LogP contribution < -0.4 is 10.8 Å². The average molecular weight is 588 g/mol. The van der Waals surface area contributed by atoms with Crippen LogP contribution in [0.4, 0.5) is 10.5 Å². The Morgan fingerprint density at radius 1 is 1.22 bits per heavy atom. The molecule has 2 amide bonds. The molecule has 172 valence electrons. The molecule has 0 spiro atoms. The molecule has 0 saturated heterocycles. The van der Waals surface area contributed by atoms with Gasteiger partial charge in [-0.15, -0.1) is 11.8 Å². The lowest BCUT2D eigenvalue weighted by Crippen LogP contribution is -2.22. The zero-order chi connectivity index (χ0) is 23.7. The van der Waals surface area contributed by atoms with Crippen LogP contribution in [-0.2, 0) is 9.53 Å². The number of phenolic OH excluding ortho intramolecular Hbond substituents is 1. The molecule has 7 nitrogen and oxygen atoms in total. The maximum absolute atomic E-state index is 12.7. The number of hydrogen-bond donors (Lipinski definition) is 4. The van der Waals surface area contributed by atoms with Crippen LogP contribution in [-0.4, -0.2) is 28.6 Å². The van der Waals surface area contributed by atoms with Crippen LogP contribution in [0.25, 0.3) is 0 Å². The first kappa shape index (κ1) is 26.2. The SMILES string of the molecule is CSc1ccc(NC(=O)O[C@@H](c2cc(Br)cc(Br)c2O)[C@H](C)CC/C=C/C(=O)NO)cc1. The fraction of sp³-hybridized carbons (Fsp3) is 0.273. The van der Waals surface area contributed by atoms with Crippen LogP contribution in [0, 0.1) is 5.92 Å². The van der Waals surface area contributed by atoms with E-state index in [0.29, 0.717) is 33.0 Å². The van der Waals surface area contributed by atoms with Crippen molar-refractivity contribution in [2.45, 2.75) is 30.8 Å². The minimum atomic E-state index is -0.755. The lowest BCUT2D eigenvalue weighted by atomic mass is 9.92. The molecule has 0 unspecified atom stereocenters. The third-order valence-corrected chi connectivity index (χ3v) is 6.43. The van der Waals surface area contributed by atoms with E-state index in [9.17, 15) is 14.7 Å². The van der Waals surface area contributed by atoms with Gasteiger partial charge in [0, 0.05) is 26.7 Å². The summed E-state index contributed by atoms with van der Waals surface area (Å²) in [4.78, 5) is 24.8. The number of allylic oxidation sites excluding steroid dienone is 1. The Kier molecular flexibility index (Phi) is 10.6. The van der Waals surface area contributed by atoms with E-state index < -0.39 is 18.1 Å². The molecule has 2 aromatic rings. The molecule has 32 heavy (non-hydrogen) atoms. The zero-order valence-corrected chi connectivity index (χ0v) is 21.5. The number of aromatic hydroxyl groups is 1. The van der Waals surface area contributed by atoms with Gasteiger partial charge in [-0.3, -0.25) is 15.3 Å². The van der Waals surface area contributed by atoms with Crippen molar-refractivity contribution >= 4 is 61.3 Å². The van der Waals surface area contributed by atoms with Gasteiger partial charge in [-0.2, -0.15) is 0 Å². The number of halogens is 2. The molecular weight excluding hydrogens is 564 g/mol. The van der Waals surface area contributed by atoms with Crippen LogP contribution >= 0.6 is 43.6 Å². The van der Waals surface area contributed by atoms with E-state index in [2.05, 4.69) is 37.2 Å². The molecule has 2 rings (SSSR count). The maximum Gasteiger partial charge on any atom is 0.412 e. The molecular formula is C22H24Br2N2O5S. The summed E-state index contributed by atoms with van der Waals surface area (Å²) in [6, 6.07) is 10.8. The summed E-state index contributed by atoms with van der Waals surface area (Å²) in [5.74, 6) is -0.836. The minimum Gasteiger partial charge on any atom is -0.506 e. The van der Waals surface area contributed by atoms with E-state index in [-0.39, 0.29) is 11.7 Å². The highest BCUT2D eigenvalue weighted by molar-refractivity contribution is 9.11. The minimum absolute atomic E-state index is 0.0163. The molecule has 0 heterocycles. The van der Waals surface area contributed by atoms with Gasteiger partial charge >= 0.3 is 6.09 Å². The van der Waals surface area contributed by atoms with Gasteiger partial charge in [-0.1, -0.05) is 28.9 Å². The first-order chi connectivity index (χ1) is 15.2. The van der Waals surface area contributed by atoms with Crippen molar-refractivity contribution in [3.05, 3.63) is 63.1 Å². The van der Waals surface area contributed by atoms with Crippen molar-refractivity contribution in [2.75, 3.05) is 11.6 Å². The van der Waals surface area contributed by atoms with Crippen LogP contribution in [0.5, 0.6) is 5.75 Å². The molecule has 2 aromatic carbocycles. The predicted molar refractivity (Wildman–Crippen MR) is 132 cm³/mol. The Balaban J connectivity index is 2.20. The molecule has 2 atom stereocenters. The van der Waals surface area contributed by atoms with Crippen LogP contribution in [0.1, 0.15) is 31.4 Å². The van der Waals surface area contributed by atoms with Gasteiger partial charge in [-0.25, -0.2) is 10.3 Å². The maximum atomic E-state index is 12.7. The van der Waals surface area contributed by atoms with E-state index in [4.69, 9.17) is 9.94 Å². The third kappa shape index (κ3) is 7.84. The number of ether oxygens (including phenoxy) is 1. The summed E-state index contributed by atoms with van der Waals surface area (Å²) in [5.41, 5.74) is 2.57. The predicted octanol–water partition coefficient (Wildman–Crippen LogP) is 6.41. The van der Waals surface area contributed by atoms with Gasteiger partial charge in [0.25, 0.3) is 5.91 Å². The van der Waals surface area contributed by atoms with E-state index in [1.54, 1.807) is 42.1 Å². The monoisotopic (exact) mass is 586 g/mol. The van der Waals surface area contributed by atoms with Crippen molar-refractivity contribution in [1.29, 1.82) is 0 Å². The summed E-state index contributed by atoms with van der Waals surface area (Å²) < 4.78 is 6.93. The third-order valence-electron chi connectivity index (χ3n) is 4.62. The first-order valence-electron chi connectivity index (χ1n) is 9.65. The zero-order valence-electron chi connectivity index (χ0n) is 17.5. The van der Waals surface area contributed by atoms with E-state index in [1.165, 1.54) is 11.6 Å². The van der Waals surface area contributed by atoms with Gasteiger partial charge in [0.1, 0.15) is 11.9 Å². The lowest BCUT2D eigenvalue weighted by Gasteiger charge is -2.26. The topological polar surface area (TPSA) is 108 Å². The van der Waals surface area contributed by atoms with Crippen LogP contribution in [0.3, 0.4) is 0 Å². The van der Waals surface area contributed by atoms with Gasteiger partial charge in [0.15, 0.2) is 0 Å². The van der Waals surface area contributed by atoms with E-state index >= 15 is 0 Å². The highest BCUT2D eigenvalue weighted by atomic mass is 79.9. The summed E-state index contributed by atoms with van der Waals surface area (Å²) >= 11 is 8.33. The lowest BCUT2D eigenvalue weighted by molar-refractivity contribution is -0.124. The number of nitrogens with one attached hydrogen (secondary N) is 2. The number of phenols is 1. The number of hydroxylamine groups is 1. The number of anilines is 1. The second kappa shape index (κ2) is 12.9. The Morgan fingerprint density at radius 2 is 1.91 bits per heavy atom. The average Bonchev–Trinajstić information content (AvgIpc) is 2.77. The normalized spacial score (nSPS) is 12.9. The molecule has 4 N–H and O–H groups in total. The molecule has 0 aromatic heterocycles. The van der Waals surface area contributed by atoms with Crippen LogP contribution in [0.2, 0.25) is 0 Å². The molecule has 0 saturated carbocycles. The summed E-state index contributed by atoms with van der Waals surface area (Å²) in [7, 11) is 0. The van der Waals surface area contributed by atoms with E-state index in [0.717, 1.165) is 4.90 Å². The first-order valence-corrected chi connectivity index (χ1v) is 12.5. The number of carbonyl (C=O) groups is 2. The standard InChI is InChI=1S/C22H24Br2N2O5S/c1-13(5-3-4-6-19(27)26-30)21(17-11-14(23)12-18(24)20(17)28)31-22(29)25-15-7-9-16(32-2)10-8-15/h4,6-13,21,28,30H,3,5H2,1-2H3,(H,25,29)(H,26,27)/b6-4+/t13-,21-/m1/s1. The number of hydrogen-bond acceptors (Lipinski definition) is 6.